The summed E-state index contributed by atoms with van der Waals surface area (Å²) in [5, 5.41) is 11.5. The van der Waals surface area contributed by atoms with Gasteiger partial charge in [-0.2, -0.15) is 0 Å². The normalized spacial score (nSPS) is 13.6. The standard InChI is InChI=1S/C10H21NO4S/c1-9(2,7-12)6-11-8(13)10(3,4)16(5,14)15/h12H,6-7H2,1-5H3,(H,11,13). The van der Waals surface area contributed by atoms with Crippen molar-refractivity contribution < 1.29 is 18.3 Å². The molecule has 1 amide bonds. The second-order valence-electron chi connectivity index (χ2n) is 5.29. The summed E-state index contributed by atoms with van der Waals surface area (Å²) in [5.41, 5.74) is -0.455. The molecule has 2 N–H and O–H groups in total. The summed E-state index contributed by atoms with van der Waals surface area (Å²) in [6.07, 6.45) is 1.03. The Hall–Kier alpha value is -0.620. The molecule has 0 unspecified atom stereocenters. The van der Waals surface area contributed by atoms with E-state index in [9.17, 15) is 13.2 Å². The lowest BCUT2D eigenvalue weighted by Crippen LogP contribution is -2.50. The second-order valence-corrected chi connectivity index (χ2v) is 7.85. The first-order valence-electron chi connectivity index (χ1n) is 5.03. The molecule has 0 fully saturated rings. The van der Waals surface area contributed by atoms with Crippen LogP contribution in [-0.2, 0) is 14.6 Å². The molecular weight excluding hydrogens is 230 g/mol. The number of hydrogen-bond acceptors (Lipinski definition) is 4. The second kappa shape index (κ2) is 4.71. The minimum atomic E-state index is -3.45. The molecule has 0 aliphatic heterocycles. The number of carbonyl (C=O) groups excluding carboxylic acids is 1. The van der Waals surface area contributed by atoms with E-state index in [0.29, 0.717) is 0 Å². The van der Waals surface area contributed by atoms with Crippen LogP contribution in [-0.4, -0.2) is 43.6 Å². The van der Waals surface area contributed by atoms with Gasteiger partial charge in [0, 0.05) is 24.8 Å². The van der Waals surface area contributed by atoms with Gasteiger partial charge in [0.15, 0.2) is 9.84 Å². The Morgan fingerprint density at radius 2 is 1.69 bits per heavy atom. The highest BCUT2D eigenvalue weighted by molar-refractivity contribution is 7.92. The Bertz CT molecular complexity index is 357. The van der Waals surface area contributed by atoms with Crippen molar-refractivity contribution in [2.45, 2.75) is 32.4 Å². The van der Waals surface area contributed by atoms with Crippen molar-refractivity contribution in [1.29, 1.82) is 0 Å². The first-order valence-corrected chi connectivity index (χ1v) is 6.92. The van der Waals surface area contributed by atoms with Crippen molar-refractivity contribution in [2.75, 3.05) is 19.4 Å². The monoisotopic (exact) mass is 251 g/mol. The van der Waals surface area contributed by atoms with Crippen LogP contribution in [0.5, 0.6) is 0 Å². The summed E-state index contributed by atoms with van der Waals surface area (Å²) in [6.45, 7) is 6.45. The molecule has 96 valence electrons. The maximum absolute atomic E-state index is 11.7. The van der Waals surface area contributed by atoms with Crippen molar-refractivity contribution >= 4 is 15.7 Å². The van der Waals surface area contributed by atoms with Crippen molar-refractivity contribution in [3.8, 4) is 0 Å². The van der Waals surface area contributed by atoms with Crippen molar-refractivity contribution in [2.24, 2.45) is 5.41 Å². The quantitative estimate of drug-likeness (QED) is 0.717. The molecule has 0 saturated carbocycles. The molecule has 0 aromatic rings. The molecule has 6 heteroatoms. The highest BCUT2D eigenvalue weighted by Gasteiger charge is 2.38. The fourth-order valence-corrected chi connectivity index (χ4v) is 1.17. The number of sulfone groups is 1. The van der Waals surface area contributed by atoms with E-state index in [-0.39, 0.29) is 13.2 Å². The maximum Gasteiger partial charge on any atom is 0.240 e. The van der Waals surface area contributed by atoms with Crippen molar-refractivity contribution in [1.82, 2.24) is 5.32 Å². The minimum absolute atomic E-state index is 0.0768. The van der Waals surface area contributed by atoms with Crippen LogP contribution < -0.4 is 5.32 Å². The summed E-state index contributed by atoms with van der Waals surface area (Å²) >= 11 is 0. The molecule has 0 aliphatic carbocycles. The SMILES string of the molecule is CC(C)(CO)CNC(=O)C(C)(C)S(C)(=O)=O. The Kier molecular flexibility index (Phi) is 4.53. The van der Waals surface area contributed by atoms with E-state index in [1.807, 2.05) is 0 Å². The van der Waals surface area contributed by atoms with E-state index in [0.717, 1.165) is 6.26 Å². The Morgan fingerprint density at radius 3 is 2.00 bits per heavy atom. The number of carbonyl (C=O) groups is 1. The zero-order valence-electron chi connectivity index (χ0n) is 10.5. The highest BCUT2D eigenvalue weighted by Crippen LogP contribution is 2.17. The molecule has 0 aromatic carbocycles. The smallest absolute Gasteiger partial charge is 0.240 e. The van der Waals surface area contributed by atoms with Gasteiger partial charge in [-0.05, 0) is 13.8 Å². The number of amides is 1. The molecule has 0 spiro atoms. The van der Waals surface area contributed by atoms with Gasteiger partial charge in [0.25, 0.3) is 0 Å². The molecule has 0 radical (unpaired) electrons. The lowest BCUT2D eigenvalue weighted by molar-refractivity contribution is -0.123. The first kappa shape index (κ1) is 15.4. The maximum atomic E-state index is 11.7. The van der Waals surface area contributed by atoms with Gasteiger partial charge in [-0.25, -0.2) is 8.42 Å². The van der Waals surface area contributed by atoms with Crippen LogP contribution in [0.2, 0.25) is 0 Å². The molecule has 0 bridgehead atoms. The Balaban J connectivity index is 4.63. The van der Waals surface area contributed by atoms with E-state index in [2.05, 4.69) is 5.32 Å². The van der Waals surface area contributed by atoms with Crippen molar-refractivity contribution in [3.05, 3.63) is 0 Å². The number of rotatable bonds is 5. The molecular formula is C10H21NO4S. The summed E-state index contributed by atoms with van der Waals surface area (Å²) in [5.74, 6) is -0.545. The van der Waals surface area contributed by atoms with Gasteiger partial charge in [0.2, 0.25) is 5.91 Å². The molecule has 0 aromatic heterocycles. The van der Waals surface area contributed by atoms with E-state index in [1.54, 1.807) is 13.8 Å². The minimum Gasteiger partial charge on any atom is -0.396 e. The van der Waals surface area contributed by atoms with Crippen LogP contribution in [0, 0.1) is 5.41 Å². The van der Waals surface area contributed by atoms with Gasteiger partial charge in [0.05, 0.1) is 0 Å². The van der Waals surface area contributed by atoms with E-state index >= 15 is 0 Å². The first-order chi connectivity index (χ1) is 6.94. The largest absolute Gasteiger partial charge is 0.396 e. The predicted octanol–water partition coefficient (Wildman–Crippen LogP) is -0.0557. The predicted molar refractivity (Wildman–Crippen MR) is 62.8 cm³/mol. The number of nitrogens with one attached hydrogen (secondary N) is 1. The number of hydrogen-bond donors (Lipinski definition) is 2. The van der Waals surface area contributed by atoms with Gasteiger partial charge in [-0.1, -0.05) is 13.8 Å². The lowest BCUT2D eigenvalue weighted by atomic mass is 9.95. The highest BCUT2D eigenvalue weighted by atomic mass is 32.2. The van der Waals surface area contributed by atoms with Crippen LogP contribution in [0.15, 0.2) is 0 Å². The van der Waals surface area contributed by atoms with E-state index in [1.165, 1.54) is 13.8 Å². The third-order valence-corrected chi connectivity index (χ3v) is 4.67. The topological polar surface area (TPSA) is 83.5 Å². The third kappa shape index (κ3) is 3.75. The summed E-state index contributed by atoms with van der Waals surface area (Å²) in [7, 11) is -3.45. The molecule has 0 heterocycles. The third-order valence-electron chi connectivity index (χ3n) is 2.63. The Labute approximate surface area is 97.2 Å². The average molecular weight is 251 g/mol. The lowest BCUT2D eigenvalue weighted by Gasteiger charge is -2.26. The van der Waals surface area contributed by atoms with Crippen LogP contribution in [0.25, 0.3) is 0 Å². The van der Waals surface area contributed by atoms with Gasteiger partial charge in [-0.3, -0.25) is 4.79 Å². The van der Waals surface area contributed by atoms with Gasteiger partial charge in [-0.15, -0.1) is 0 Å². The van der Waals surface area contributed by atoms with E-state index < -0.39 is 25.9 Å². The molecule has 16 heavy (non-hydrogen) atoms. The Morgan fingerprint density at radius 1 is 1.25 bits per heavy atom. The van der Waals surface area contributed by atoms with Crippen LogP contribution in [0.3, 0.4) is 0 Å². The summed E-state index contributed by atoms with van der Waals surface area (Å²) < 4.78 is 21.3. The molecule has 0 atom stereocenters. The number of aliphatic hydroxyl groups excluding tert-OH is 1. The van der Waals surface area contributed by atoms with Gasteiger partial charge in [0.1, 0.15) is 4.75 Å². The zero-order chi connectivity index (χ0) is 13.2. The fourth-order valence-electron chi connectivity index (χ4n) is 0.757. The van der Waals surface area contributed by atoms with Gasteiger partial charge < -0.3 is 10.4 Å². The average Bonchev–Trinajstić information content (AvgIpc) is 2.12. The van der Waals surface area contributed by atoms with Crippen LogP contribution in [0.1, 0.15) is 27.7 Å². The van der Waals surface area contributed by atoms with Crippen molar-refractivity contribution in [3.63, 3.8) is 0 Å². The molecule has 0 rings (SSSR count). The fraction of sp³-hybridized carbons (Fsp3) is 0.900. The number of aliphatic hydroxyl groups is 1. The van der Waals surface area contributed by atoms with Gasteiger partial charge >= 0.3 is 0 Å². The van der Waals surface area contributed by atoms with E-state index in [4.69, 9.17) is 5.11 Å². The molecule has 0 aliphatic rings. The van der Waals surface area contributed by atoms with Crippen LogP contribution >= 0.6 is 0 Å². The summed E-state index contributed by atoms with van der Waals surface area (Å²) in [4.78, 5) is 11.7. The molecule has 5 nitrogen and oxygen atoms in total. The molecule has 0 saturated heterocycles. The summed E-state index contributed by atoms with van der Waals surface area (Å²) in [6, 6.07) is 0. The van der Waals surface area contributed by atoms with Crippen LogP contribution in [0.4, 0.5) is 0 Å². The zero-order valence-corrected chi connectivity index (χ0v) is 11.3.